The van der Waals surface area contributed by atoms with E-state index < -0.39 is 41.2 Å². The van der Waals surface area contributed by atoms with Crippen LogP contribution in [0.3, 0.4) is 0 Å². The number of rotatable bonds is 14. The summed E-state index contributed by atoms with van der Waals surface area (Å²) < 4.78 is 11.2. The van der Waals surface area contributed by atoms with Crippen LogP contribution in [0.1, 0.15) is 76.8 Å². The highest BCUT2D eigenvalue weighted by Crippen LogP contribution is 2.38. The molecule has 13 nitrogen and oxygen atoms in total. The van der Waals surface area contributed by atoms with E-state index in [-0.39, 0.29) is 45.1 Å². The van der Waals surface area contributed by atoms with Crippen LogP contribution in [0.4, 0.5) is 0 Å². The van der Waals surface area contributed by atoms with Gasteiger partial charge in [-0.05, 0) is 66.6 Å². The van der Waals surface area contributed by atoms with Crippen LogP contribution >= 0.6 is 12.6 Å². The quantitative estimate of drug-likeness (QED) is 0.124. The number of benzene rings is 2. The van der Waals surface area contributed by atoms with E-state index in [2.05, 4.69) is 17.5 Å². The monoisotopic (exact) mass is 696 g/mol. The summed E-state index contributed by atoms with van der Waals surface area (Å²) in [6.07, 6.45) is 4.41. The van der Waals surface area contributed by atoms with Crippen molar-refractivity contribution in [1.29, 1.82) is 0 Å². The SMILES string of the molecule is CCC(=O)ON1C(=O)CCC1=O.CCOc1ccc(C(O)(/C(C)=C/C=C\S)c2ccc(OCCCC(=O)ON3C(=O)CCC3=O)cc2)cc1. The zero-order valence-electron chi connectivity index (χ0n) is 27.6. The molecule has 0 saturated carbocycles. The Morgan fingerprint density at radius 3 is 1.65 bits per heavy atom. The Labute approximate surface area is 289 Å². The fourth-order valence-corrected chi connectivity index (χ4v) is 4.80. The van der Waals surface area contributed by atoms with E-state index in [9.17, 15) is 33.9 Å². The summed E-state index contributed by atoms with van der Waals surface area (Å²) in [6, 6.07) is 14.4. The second kappa shape index (κ2) is 18.6. The first-order valence-electron chi connectivity index (χ1n) is 15.7. The van der Waals surface area contributed by atoms with Crippen LogP contribution in [-0.2, 0) is 44.0 Å². The standard InChI is InChI=1S/C28H31NO7S.C7H9NO4/c1-3-34-23-12-8-21(9-13-23)28(33,20(2)6-5-19-37)22-10-14-24(15-11-22)35-18-4-7-27(32)36-29-25(30)16-17-26(29)31;1-2-7(11)12-8-5(9)3-4-6(8)10/h5-6,8-15,19,33,37H,3-4,7,16-18H2,1-2H3;2-4H2,1H3/b19-5-,20-6+;. The van der Waals surface area contributed by atoms with Crippen molar-refractivity contribution in [3.63, 3.8) is 0 Å². The second-order valence-corrected chi connectivity index (χ2v) is 11.1. The van der Waals surface area contributed by atoms with Crippen molar-refractivity contribution in [2.45, 2.75) is 71.3 Å². The number of allylic oxidation sites excluding steroid dienone is 2. The summed E-state index contributed by atoms with van der Waals surface area (Å²) in [5, 5.41) is 14.6. The molecular formula is C35H40N2O11S. The Morgan fingerprint density at radius 1 is 0.776 bits per heavy atom. The number of carbonyl (C=O) groups is 6. The lowest BCUT2D eigenvalue weighted by atomic mass is 9.80. The molecule has 4 amide bonds. The maximum Gasteiger partial charge on any atom is 0.333 e. The number of imide groups is 2. The van der Waals surface area contributed by atoms with E-state index in [1.165, 1.54) is 0 Å². The first-order valence-corrected chi connectivity index (χ1v) is 16.3. The largest absolute Gasteiger partial charge is 0.494 e. The Kier molecular flexibility index (Phi) is 14.6. The summed E-state index contributed by atoms with van der Waals surface area (Å²) >= 11 is 4.10. The van der Waals surface area contributed by atoms with Gasteiger partial charge in [0.05, 0.1) is 19.6 Å². The highest BCUT2D eigenvalue weighted by atomic mass is 32.1. The van der Waals surface area contributed by atoms with Gasteiger partial charge in [-0.1, -0.05) is 43.3 Å². The Hall–Kier alpha value is -4.95. The molecule has 14 heteroatoms. The smallest absolute Gasteiger partial charge is 0.333 e. The van der Waals surface area contributed by atoms with Gasteiger partial charge < -0.3 is 24.3 Å². The summed E-state index contributed by atoms with van der Waals surface area (Å²) in [6.45, 7) is 6.13. The minimum atomic E-state index is -1.40. The van der Waals surface area contributed by atoms with Gasteiger partial charge in [-0.2, -0.15) is 12.6 Å². The highest BCUT2D eigenvalue weighted by molar-refractivity contribution is 7.83. The third-order valence-corrected chi connectivity index (χ3v) is 7.51. The molecule has 0 bridgehead atoms. The molecule has 0 radical (unpaired) electrons. The molecule has 0 aliphatic carbocycles. The summed E-state index contributed by atoms with van der Waals surface area (Å²) in [7, 11) is 0. The average molecular weight is 697 g/mol. The fourth-order valence-electron chi connectivity index (χ4n) is 4.72. The normalized spacial score (nSPS) is 16.0. The van der Waals surface area contributed by atoms with Gasteiger partial charge in [0.15, 0.2) is 0 Å². The lowest BCUT2D eigenvalue weighted by molar-refractivity contribution is -0.197. The van der Waals surface area contributed by atoms with E-state index in [1.54, 1.807) is 48.7 Å². The van der Waals surface area contributed by atoms with Crippen molar-refractivity contribution < 1.29 is 53.0 Å². The molecule has 2 aliphatic heterocycles. The number of amides is 4. The zero-order valence-corrected chi connectivity index (χ0v) is 28.5. The predicted octanol–water partition coefficient (Wildman–Crippen LogP) is 4.48. The topological polar surface area (TPSA) is 166 Å². The minimum absolute atomic E-state index is 0.00468. The lowest BCUT2D eigenvalue weighted by Gasteiger charge is -2.31. The number of aliphatic hydroxyl groups is 1. The van der Waals surface area contributed by atoms with Gasteiger partial charge >= 0.3 is 11.9 Å². The number of thiol groups is 1. The van der Waals surface area contributed by atoms with Crippen LogP contribution in [0.5, 0.6) is 11.5 Å². The molecule has 49 heavy (non-hydrogen) atoms. The van der Waals surface area contributed by atoms with Crippen molar-refractivity contribution in [3.05, 3.63) is 82.8 Å². The maximum atomic E-state index is 11.9. The van der Waals surface area contributed by atoms with Crippen LogP contribution in [-0.4, -0.2) is 64.0 Å². The molecule has 0 spiro atoms. The van der Waals surface area contributed by atoms with Crippen LogP contribution in [0.25, 0.3) is 0 Å². The number of nitrogens with zero attached hydrogens (tertiary/aromatic N) is 2. The van der Waals surface area contributed by atoms with Crippen LogP contribution in [0.15, 0.2) is 71.7 Å². The number of hydroxylamine groups is 4. The fraction of sp³-hybridized carbons (Fsp3) is 0.371. The molecule has 2 aromatic rings. The van der Waals surface area contributed by atoms with Crippen LogP contribution < -0.4 is 9.47 Å². The molecule has 2 saturated heterocycles. The molecule has 2 aromatic carbocycles. The summed E-state index contributed by atoms with van der Waals surface area (Å²) in [5.41, 5.74) is 0.627. The van der Waals surface area contributed by atoms with Crippen molar-refractivity contribution >= 4 is 48.2 Å². The maximum absolute atomic E-state index is 11.9. The van der Waals surface area contributed by atoms with Crippen LogP contribution in [0, 0.1) is 0 Å². The molecule has 2 heterocycles. The number of hydrogen-bond donors (Lipinski definition) is 2. The molecule has 2 fully saturated rings. The third kappa shape index (κ3) is 10.5. The molecule has 4 rings (SSSR count). The van der Waals surface area contributed by atoms with E-state index in [4.69, 9.17) is 14.3 Å². The minimum Gasteiger partial charge on any atom is -0.494 e. The van der Waals surface area contributed by atoms with Crippen LogP contribution in [0.2, 0.25) is 0 Å². The second-order valence-electron chi connectivity index (χ2n) is 10.8. The van der Waals surface area contributed by atoms with Gasteiger partial charge in [-0.25, -0.2) is 9.59 Å². The number of hydrogen-bond acceptors (Lipinski definition) is 12. The summed E-state index contributed by atoms with van der Waals surface area (Å²) in [5.74, 6) is -1.86. The van der Waals surface area contributed by atoms with Gasteiger partial charge in [0.25, 0.3) is 23.6 Å². The van der Waals surface area contributed by atoms with E-state index in [1.807, 2.05) is 38.1 Å². The van der Waals surface area contributed by atoms with Crippen molar-refractivity contribution in [3.8, 4) is 11.5 Å². The Morgan fingerprint density at radius 2 is 1.22 bits per heavy atom. The average Bonchev–Trinajstić information content (AvgIpc) is 3.59. The van der Waals surface area contributed by atoms with E-state index in [0.29, 0.717) is 45.6 Å². The first-order chi connectivity index (χ1) is 23.4. The Bertz CT molecular complexity index is 1540. The summed E-state index contributed by atoms with van der Waals surface area (Å²) in [4.78, 5) is 76.7. The highest BCUT2D eigenvalue weighted by Gasteiger charge is 2.35. The van der Waals surface area contributed by atoms with Gasteiger partial charge in [0.2, 0.25) is 0 Å². The predicted molar refractivity (Wildman–Crippen MR) is 178 cm³/mol. The van der Waals surface area contributed by atoms with Gasteiger partial charge in [0.1, 0.15) is 17.1 Å². The van der Waals surface area contributed by atoms with Gasteiger partial charge in [-0.15, -0.1) is 10.1 Å². The first kappa shape index (κ1) is 38.5. The van der Waals surface area contributed by atoms with E-state index in [0.717, 1.165) is 5.75 Å². The van der Waals surface area contributed by atoms with Crippen molar-refractivity contribution in [2.75, 3.05) is 13.2 Å². The molecule has 0 aromatic heterocycles. The third-order valence-electron chi connectivity index (χ3n) is 7.34. The van der Waals surface area contributed by atoms with Gasteiger partial charge in [0, 0.05) is 32.1 Å². The molecule has 2 aliphatic rings. The molecule has 1 unspecified atom stereocenters. The lowest BCUT2D eigenvalue weighted by Crippen LogP contribution is -2.32. The Balaban J connectivity index is 0.000000456. The van der Waals surface area contributed by atoms with Crippen molar-refractivity contribution in [1.82, 2.24) is 10.1 Å². The van der Waals surface area contributed by atoms with Crippen molar-refractivity contribution in [2.24, 2.45) is 0 Å². The zero-order chi connectivity index (χ0) is 36.0. The van der Waals surface area contributed by atoms with E-state index >= 15 is 0 Å². The molecule has 1 atom stereocenters. The molecule has 262 valence electrons. The molecular weight excluding hydrogens is 656 g/mol. The van der Waals surface area contributed by atoms with Gasteiger partial charge in [-0.3, -0.25) is 19.2 Å². The molecule has 1 N–H and O–H groups in total. The number of ether oxygens (including phenoxy) is 2. The number of carbonyl (C=O) groups excluding carboxylic acids is 6.